The van der Waals surface area contributed by atoms with Crippen LogP contribution in [0, 0.1) is 5.92 Å². The number of rotatable bonds is 2. The van der Waals surface area contributed by atoms with Crippen molar-refractivity contribution in [1.29, 1.82) is 0 Å². The molecular formula is C10H17F3N2O. The molecule has 1 heterocycles. The molecule has 1 atom stereocenters. The molecule has 16 heavy (non-hydrogen) atoms. The molecule has 1 aliphatic rings. The van der Waals surface area contributed by atoms with Crippen LogP contribution in [0.15, 0.2) is 0 Å². The molecule has 1 unspecified atom stereocenters. The second-order valence-corrected chi connectivity index (χ2v) is 4.35. The SMILES string of the molecule is CC(NC(=O)C1CCN(C)CC1)C(F)(F)F. The van der Waals surface area contributed by atoms with E-state index in [1.165, 1.54) is 0 Å². The second kappa shape index (κ2) is 5.03. The van der Waals surface area contributed by atoms with E-state index in [1.807, 2.05) is 12.4 Å². The van der Waals surface area contributed by atoms with Crippen LogP contribution in [0.1, 0.15) is 19.8 Å². The van der Waals surface area contributed by atoms with Gasteiger partial charge >= 0.3 is 6.18 Å². The van der Waals surface area contributed by atoms with Gasteiger partial charge in [0.1, 0.15) is 6.04 Å². The average Bonchev–Trinajstić information content (AvgIpc) is 2.17. The van der Waals surface area contributed by atoms with Crippen LogP contribution in [-0.2, 0) is 4.79 Å². The second-order valence-electron chi connectivity index (χ2n) is 4.35. The minimum absolute atomic E-state index is 0.277. The van der Waals surface area contributed by atoms with Crippen molar-refractivity contribution in [2.75, 3.05) is 20.1 Å². The molecule has 0 aromatic carbocycles. The van der Waals surface area contributed by atoms with Gasteiger partial charge in [-0.15, -0.1) is 0 Å². The highest BCUT2D eigenvalue weighted by atomic mass is 19.4. The Balaban J connectivity index is 2.41. The van der Waals surface area contributed by atoms with Gasteiger partial charge in [-0.25, -0.2) is 0 Å². The van der Waals surface area contributed by atoms with Crippen molar-refractivity contribution in [2.45, 2.75) is 32.0 Å². The summed E-state index contributed by atoms with van der Waals surface area (Å²) >= 11 is 0. The third kappa shape index (κ3) is 3.66. The predicted octanol–water partition coefficient (Wildman–Crippen LogP) is 1.40. The van der Waals surface area contributed by atoms with Gasteiger partial charge in [0.05, 0.1) is 0 Å². The smallest absolute Gasteiger partial charge is 0.344 e. The molecule has 0 aromatic heterocycles. The highest BCUT2D eigenvalue weighted by Gasteiger charge is 2.38. The topological polar surface area (TPSA) is 32.3 Å². The predicted molar refractivity (Wildman–Crippen MR) is 53.9 cm³/mol. The number of hydrogen-bond donors (Lipinski definition) is 1. The molecular weight excluding hydrogens is 221 g/mol. The molecule has 1 aliphatic heterocycles. The van der Waals surface area contributed by atoms with Crippen molar-refractivity contribution in [3.05, 3.63) is 0 Å². The Kier molecular flexibility index (Phi) is 4.18. The van der Waals surface area contributed by atoms with Gasteiger partial charge in [-0.05, 0) is 39.9 Å². The third-order valence-electron chi connectivity index (χ3n) is 2.94. The Labute approximate surface area is 93.0 Å². The van der Waals surface area contributed by atoms with Crippen molar-refractivity contribution in [3.8, 4) is 0 Å². The van der Waals surface area contributed by atoms with Gasteiger partial charge in [-0.2, -0.15) is 13.2 Å². The Hall–Kier alpha value is -0.780. The maximum absolute atomic E-state index is 12.2. The van der Waals surface area contributed by atoms with E-state index in [0.29, 0.717) is 12.8 Å². The minimum atomic E-state index is -4.36. The van der Waals surface area contributed by atoms with E-state index >= 15 is 0 Å². The molecule has 0 aromatic rings. The van der Waals surface area contributed by atoms with Gasteiger partial charge in [0.15, 0.2) is 0 Å². The largest absolute Gasteiger partial charge is 0.408 e. The van der Waals surface area contributed by atoms with E-state index in [-0.39, 0.29) is 5.92 Å². The number of hydrogen-bond acceptors (Lipinski definition) is 2. The molecule has 1 fully saturated rings. The maximum Gasteiger partial charge on any atom is 0.408 e. The van der Waals surface area contributed by atoms with E-state index < -0.39 is 18.1 Å². The summed E-state index contributed by atoms with van der Waals surface area (Å²) in [7, 11) is 1.94. The number of amides is 1. The van der Waals surface area contributed by atoms with Crippen molar-refractivity contribution < 1.29 is 18.0 Å². The molecule has 6 heteroatoms. The van der Waals surface area contributed by atoms with Crippen LogP contribution >= 0.6 is 0 Å². The fraction of sp³-hybridized carbons (Fsp3) is 0.900. The van der Waals surface area contributed by atoms with Crippen LogP contribution in [0.5, 0.6) is 0 Å². The quantitative estimate of drug-likeness (QED) is 0.788. The van der Waals surface area contributed by atoms with Gasteiger partial charge in [0.25, 0.3) is 0 Å². The third-order valence-corrected chi connectivity index (χ3v) is 2.94. The molecule has 3 nitrogen and oxygen atoms in total. The summed E-state index contributed by atoms with van der Waals surface area (Å²) in [6, 6.07) is -1.76. The summed E-state index contributed by atoms with van der Waals surface area (Å²) in [5.41, 5.74) is 0. The molecule has 0 bridgehead atoms. The maximum atomic E-state index is 12.2. The molecule has 1 amide bonds. The number of carbonyl (C=O) groups excluding carboxylic acids is 1. The van der Waals surface area contributed by atoms with E-state index in [9.17, 15) is 18.0 Å². The monoisotopic (exact) mass is 238 g/mol. The van der Waals surface area contributed by atoms with Crippen LogP contribution in [0.2, 0.25) is 0 Å². The number of carbonyl (C=O) groups is 1. The first kappa shape index (κ1) is 13.3. The first-order chi connectivity index (χ1) is 7.30. The molecule has 0 spiro atoms. The van der Waals surface area contributed by atoms with Crippen molar-refractivity contribution >= 4 is 5.91 Å². The number of nitrogens with zero attached hydrogens (tertiary/aromatic N) is 1. The molecule has 94 valence electrons. The summed E-state index contributed by atoms with van der Waals surface area (Å²) in [5.74, 6) is -0.751. The van der Waals surface area contributed by atoms with E-state index in [1.54, 1.807) is 0 Å². The highest BCUT2D eigenvalue weighted by molar-refractivity contribution is 5.79. The van der Waals surface area contributed by atoms with Crippen molar-refractivity contribution in [2.24, 2.45) is 5.92 Å². The molecule has 0 aliphatic carbocycles. The fourth-order valence-corrected chi connectivity index (χ4v) is 1.68. The van der Waals surface area contributed by atoms with Gasteiger partial charge in [0, 0.05) is 5.92 Å². The van der Waals surface area contributed by atoms with Gasteiger partial charge in [-0.3, -0.25) is 4.79 Å². The molecule has 1 saturated heterocycles. The van der Waals surface area contributed by atoms with Crippen LogP contribution in [0.4, 0.5) is 13.2 Å². The minimum Gasteiger partial charge on any atom is -0.344 e. The van der Waals surface area contributed by atoms with Crippen molar-refractivity contribution in [1.82, 2.24) is 10.2 Å². The Morgan fingerprint density at radius 1 is 1.38 bits per heavy atom. The summed E-state index contributed by atoms with van der Waals surface area (Å²) in [6.07, 6.45) is -3.10. The summed E-state index contributed by atoms with van der Waals surface area (Å²) in [5, 5.41) is 2.02. The first-order valence-corrected chi connectivity index (χ1v) is 5.36. The zero-order valence-electron chi connectivity index (χ0n) is 9.47. The zero-order chi connectivity index (χ0) is 12.3. The van der Waals surface area contributed by atoms with E-state index in [0.717, 1.165) is 20.0 Å². The van der Waals surface area contributed by atoms with E-state index in [4.69, 9.17) is 0 Å². The lowest BCUT2D eigenvalue weighted by Crippen LogP contribution is -2.47. The average molecular weight is 238 g/mol. The number of halogens is 3. The molecule has 1 rings (SSSR count). The lowest BCUT2D eigenvalue weighted by atomic mass is 9.96. The Bertz CT molecular complexity index is 247. The number of likely N-dealkylation sites (tertiary alicyclic amines) is 1. The van der Waals surface area contributed by atoms with Crippen molar-refractivity contribution in [3.63, 3.8) is 0 Å². The van der Waals surface area contributed by atoms with Gasteiger partial charge in [0.2, 0.25) is 5.91 Å². The Morgan fingerprint density at radius 2 is 1.88 bits per heavy atom. The summed E-state index contributed by atoms with van der Waals surface area (Å²) in [4.78, 5) is 13.6. The highest BCUT2D eigenvalue weighted by Crippen LogP contribution is 2.21. The van der Waals surface area contributed by atoms with E-state index in [2.05, 4.69) is 4.90 Å². The lowest BCUT2D eigenvalue weighted by Gasteiger charge is -2.29. The number of nitrogens with one attached hydrogen (secondary N) is 1. The normalized spacial score (nSPS) is 21.8. The molecule has 1 N–H and O–H groups in total. The van der Waals surface area contributed by atoms with Gasteiger partial charge < -0.3 is 10.2 Å². The first-order valence-electron chi connectivity index (χ1n) is 5.36. The fourth-order valence-electron chi connectivity index (χ4n) is 1.68. The molecule has 0 radical (unpaired) electrons. The summed E-state index contributed by atoms with van der Waals surface area (Å²) < 4.78 is 36.6. The number of piperidine rings is 1. The zero-order valence-corrected chi connectivity index (χ0v) is 9.47. The molecule has 0 saturated carbocycles. The van der Waals surface area contributed by atoms with Crippen LogP contribution in [0.25, 0.3) is 0 Å². The summed E-state index contributed by atoms with van der Waals surface area (Å²) in [6.45, 7) is 2.49. The Morgan fingerprint density at radius 3 is 2.31 bits per heavy atom. The van der Waals surface area contributed by atoms with Crippen LogP contribution < -0.4 is 5.32 Å². The lowest BCUT2D eigenvalue weighted by molar-refractivity contribution is -0.159. The van der Waals surface area contributed by atoms with Crippen LogP contribution in [0.3, 0.4) is 0 Å². The van der Waals surface area contributed by atoms with Gasteiger partial charge in [-0.1, -0.05) is 0 Å². The van der Waals surface area contributed by atoms with Crippen LogP contribution in [-0.4, -0.2) is 43.2 Å². The standard InChI is InChI=1S/C10H17F3N2O/c1-7(10(11,12)13)14-9(16)8-3-5-15(2)6-4-8/h7-8H,3-6H2,1-2H3,(H,14,16). The number of alkyl halides is 3.